The number of aliphatic hydroxyl groups excluding tert-OH is 1. The second-order valence-corrected chi connectivity index (χ2v) is 8.00. The Kier molecular flexibility index (Phi) is 4.83. The lowest BCUT2D eigenvalue weighted by atomic mass is 9.76. The van der Waals surface area contributed by atoms with E-state index in [2.05, 4.69) is 39.3 Å². The van der Waals surface area contributed by atoms with Gasteiger partial charge in [-0.3, -0.25) is 5.10 Å². The molecule has 7 heteroatoms. The monoisotopic (exact) mass is 347 g/mol. The van der Waals surface area contributed by atoms with Crippen molar-refractivity contribution in [2.24, 2.45) is 5.41 Å². The SMILES string of the molecule is CSc1nc(NCC(C)O)cc(-c2n[nH]c3c2CCC(C)(C)C3)n1. The van der Waals surface area contributed by atoms with Crippen molar-refractivity contribution >= 4 is 17.6 Å². The van der Waals surface area contributed by atoms with Crippen LogP contribution in [-0.2, 0) is 12.8 Å². The first-order valence-electron chi connectivity index (χ1n) is 8.29. The molecule has 130 valence electrons. The van der Waals surface area contributed by atoms with E-state index in [1.54, 1.807) is 6.92 Å². The third-order valence-corrected chi connectivity index (χ3v) is 4.92. The average molecular weight is 347 g/mol. The molecule has 0 aromatic carbocycles. The molecule has 0 bridgehead atoms. The standard InChI is InChI=1S/C17H25N5OS/c1-10(23)9-18-14-7-12(19-16(20-14)24-4)15-11-5-6-17(2,3)8-13(11)21-22-15/h7,10,23H,5-6,8-9H2,1-4H3,(H,21,22)(H,18,19,20). The molecule has 1 unspecified atom stereocenters. The van der Waals surface area contributed by atoms with Crippen molar-refractivity contribution < 1.29 is 5.11 Å². The van der Waals surface area contributed by atoms with E-state index in [0.717, 1.165) is 36.5 Å². The van der Waals surface area contributed by atoms with Gasteiger partial charge in [-0.15, -0.1) is 0 Å². The number of hydrogen-bond acceptors (Lipinski definition) is 6. The van der Waals surface area contributed by atoms with Crippen LogP contribution in [0.3, 0.4) is 0 Å². The first-order chi connectivity index (χ1) is 11.4. The maximum Gasteiger partial charge on any atom is 0.189 e. The molecule has 6 nitrogen and oxygen atoms in total. The van der Waals surface area contributed by atoms with Gasteiger partial charge in [0.2, 0.25) is 0 Å². The number of aromatic amines is 1. The van der Waals surface area contributed by atoms with Crippen LogP contribution in [0.5, 0.6) is 0 Å². The number of rotatable bonds is 5. The zero-order valence-electron chi connectivity index (χ0n) is 14.7. The van der Waals surface area contributed by atoms with Gasteiger partial charge in [0.05, 0.1) is 11.8 Å². The van der Waals surface area contributed by atoms with E-state index in [1.165, 1.54) is 23.0 Å². The Morgan fingerprint density at radius 2 is 2.21 bits per heavy atom. The van der Waals surface area contributed by atoms with Crippen LogP contribution in [0.25, 0.3) is 11.4 Å². The van der Waals surface area contributed by atoms with E-state index >= 15 is 0 Å². The summed E-state index contributed by atoms with van der Waals surface area (Å²) < 4.78 is 0. The van der Waals surface area contributed by atoms with Crippen molar-refractivity contribution in [1.29, 1.82) is 0 Å². The van der Waals surface area contributed by atoms with Crippen molar-refractivity contribution in [3.05, 3.63) is 17.3 Å². The first kappa shape index (κ1) is 17.2. The Hall–Kier alpha value is -1.60. The summed E-state index contributed by atoms with van der Waals surface area (Å²) in [4.78, 5) is 9.09. The number of hydrogen-bond donors (Lipinski definition) is 3. The fraction of sp³-hybridized carbons (Fsp3) is 0.588. The quantitative estimate of drug-likeness (QED) is 0.569. The largest absolute Gasteiger partial charge is 0.392 e. The zero-order valence-corrected chi connectivity index (χ0v) is 15.5. The molecule has 0 saturated heterocycles. The van der Waals surface area contributed by atoms with Crippen molar-refractivity contribution in [3.8, 4) is 11.4 Å². The molecule has 1 aliphatic carbocycles. The van der Waals surface area contributed by atoms with Gasteiger partial charge in [-0.05, 0) is 37.9 Å². The van der Waals surface area contributed by atoms with Gasteiger partial charge < -0.3 is 10.4 Å². The Labute approximate surface area is 146 Å². The van der Waals surface area contributed by atoms with Gasteiger partial charge >= 0.3 is 0 Å². The van der Waals surface area contributed by atoms with Crippen molar-refractivity contribution in [2.75, 3.05) is 18.1 Å². The summed E-state index contributed by atoms with van der Waals surface area (Å²) in [7, 11) is 0. The maximum atomic E-state index is 9.47. The van der Waals surface area contributed by atoms with Crippen LogP contribution >= 0.6 is 11.8 Å². The Morgan fingerprint density at radius 3 is 2.92 bits per heavy atom. The van der Waals surface area contributed by atoms with E-state index in [-0.39, 0.29) is 0 Å². The second kappa shape index (κ2) is 6.72. The second-order valence-electron chi connectivity index (χ2n) is 7.23. The molecule has 0 amide bonds. The summed E-state index contributed by atoms with van der Waals surface area (Å²) in [5.74, 6) is 0.720. The Morgan fingerprint density at radius 1 is 1.42 bits per heavy atom. The van der Waals surface area contributed by atoms with Gasteiger partial charge in [0.25, 0.3) is 0 Å². The molecule has 0 saturated carbocycles. The molecule has 3 N–H and O–H groups in total. The molecule has 2 aromatic rings. The number of thioether (sulfide) groups is 1. The summed E-state index contributed by atoms with van der Waals surface area (Å²) >= 11 is 1.50. The van der Waals surface area contributed by atoms with E-state index < -0.39 is 6.10 Å². The third kappa shape index (κ3) is 3.72. The van der Waals surface area contributed by atoms with Crippen LogP contribution in [-0.4, -0.2) is 44.2 Å². The molecule has 0 spiro atoms. The van der Waals surface area contributed by atoms with Gasteiger partial charge in [0.15, 0.2) is 5.16 Å². The van der Waals surface area contributed by atoms with Crippen LogP contribution in [0.15, 0.2) is 11.2 Å². The minimum atomic E-state index is -0.429. The number of nitrogens with zero attached hydrogens (tertiary/aromatic N) is 3. The maximum absolute atomic E-state index is 9.47. The molecule has 1 atom stereocenters. The van der Waals surface area contributed by atoms with Crippen molar-refractivity contribution in [3.63, 3.8) is 0 Å². The predicted octanol–water partition coefficient (Wildman–Crippen LogP) is 2.90. The molecule has 0 aliphatic heterocycles. The number of aromatic nitrogens is 4. The van der Waals surface area contributed by atoms with Gasteiger partial charge in [0, 0.05) is 23.9 Å². The average Bonchev–Trinajstić information content (AvgIpc) is 2.94. The van der Waals surface area contributed by atoms with Gasteiger partial charge in [-0.1, -0.05) is 25.6 Å². The summed E-state index contributed by atoms with van der Waals surface area (Å²) in [6.45, 7) is 6.80. The summed E-state index contributed by atoms with van der Waals surface area (Å²) in [6.07, 6.45) is 4.72. The Bertz CT molecular complexity index is 726. The molecular formula is C17H25N5OS. The highest BCUT2D eigenvalue weighted by molar-refractivity contribution is 7.98. The van der Waals surface area contributed by atoms with Gasteiger partial charge in [-0.2, -0.15) is 5.10 Å². The zero-order chi connectivity index (χ0) is 17.3. The highest BCUT2D eigenvalue weighted by Crippen LogP contribution is 2.37. The lowest BCUT2D eigenvalue weighted by molar-refractivity contribution is 0.208. The number of H-pyrrole nitrogens is 1. The van der Waals surface area contributed by atoms with Gasteiger partial charge in [0.1, 0.15) is 11.5 Å². The first-order valence-corrected chi connectivity index (χ1v) is 9.52. The lowest BCUT2D eigenvalue weighted by Gasteiger charge is -2.29. The summed E-state index contributed by atoms with van der Waals surface area (Å²) in [6, 6.07) is 1.91. The smallest absolute Gasteiger partial charge is 0.189 e. The molecule has 1 aliphatic rings. The summed E-state index contributed by atoms with van der Waals surface area (Å²) in [5.41, 5.74) is 4.58. The number of anilines is 1. The number of aliphatic hydroxyl groups is 1. The van der Waals surface area contributed by atoms with E-state index in [1.807, 2.05) is 12.3 Å². The third-order valence-electron chi connectivity index (χ3n) is 4.37. The fourth-order valence-electron chi connectivity index (χ4n) is 3.04. The van der Waals surface area contributed by atoms with Crippen LogP contribution in [0.4, 0.5) is 5.82 Å². The molecular weight excluding hydrogens is 322 g/mol. The molecule has 2 heterocycles. The number of fused-ring (bicyclic) bond motifs is 1. The normalized spacial score (nSPS) is 17.4. The van der Waals surface area contributed by atoms with Gasteiger partial charge in [-0.25, -0.2) is 9.97 Å². The van der Waals surface area contributed by atoms with Crippen LogP contribution in [0.1, 0.15) is 38.4 Å². The van der Waals surface area contributed by atoms with Crippen molar-refractivity contribution in [1.82, 2.24) is 20.2 Å². The predicted molar refractivity (Wildman–Crippen MR) is 97.4 cm³/mol. The Balaban J connectivity index is 1.95. The topological polar surface area (TPSA) is 86.7 Å². The molecule has 0 fully saturated rings. The summed E-state index contributed by atoms with van der Waals surface area (Å²) in [5, 5.41) is 21.1. The molecule has 2 aromatic heterocycles. The van der Waals surface area contributed by atoms with Crippen LogP contribution < -0.4 is 5.32 Å². The minimum Gasteiger partial charge on any atom is -0.392 e. The van der Waals surface area contributed by atoms with E-state index in [9.17, 15) is 5.11 Å². The minimum absolute atomic E-state index is 0.316. The van der Waals surface area contributed by atoms with Crippen molar-refractivity contribution in [2.45, 2.75) is 51.3 Å². The van der Waals surface area contributed by atoms with E-state index in [0.29, 0.717) is 17.1 Å². The molecule has 3 rings (SSSR count). The highest BCUT2D eigenvalue weighted by Gasteiger charge is 2.29. The van der Waals surface area contributed by atoms with Crippen LogP contribution in [0.2, 0.25) is 0 Å². The van der Waals surface area contributed by atoms with E-state index in [4.69, 9.17) is 0 Å². The lowest BCUT2D eigenvalue weighted by Crippen LogP contribution is -2.22. The molecule has 24 heavy (non-hydrogen) atoms. The molecule has 0 radical (unpaired) electrons. The fourth-order valence-corrected chi connectivity index (χ4v) is 3.42. The highest BCUT2D eigenvalue weighted by atomic mass is 32.2. The van der Waals surface area contributed by atoms with Crippen LogP contribution in [0, 0.1) is 5.41 Å². The number of nitrogens with one attached hydrogen (secondary N) is 2.